The lowest BCUT2D eigenvalue weighted by molar-refractivity contribution is 0.0449. The van der Waals surface area contributed by atoms with Crippen LogP contribution in [0.4, 0.5) is 5.69 Å². The van der Waals surface area contributed by atoms with Crippen LogP contribution in [0.25, 0.3) is 0 Å². The van der Waals surface area contributed by atoms with Crippen LogP contribution in [0.5, 0.6) is 0 Å². The molecular formula is C13H17BrN2OS. The van der Waals surface area contributed by atoms with Crippen molar-refractivity contribution in [1.29, 1.82) is 0 Å². The third-order valence-corrected chi connectivity index (χ3v) is 3.95. The summed E-state index contributed by atoms with van der Waals surface area (Å²) in [6, 6.07) is 5.86. The monoisotopic (exact) mass is 328 g/mol. The SMILES string of the molecule is CC1(O)CCCN(c2cc(Br)ccc2C(N)=S)C1. The van der Waals surface area contributed by atoms with Crippen molar-refractivity contribution >= 4 is 38.8 Å². The highest BCUT2D eigenvalue weighted by Crippen LogP contribution is 2.30. The van der Waals surface area contributed by atoms with Crippen molar-refractivity contribution in [2.24, 2.45) is 5.73 Å². The number of thiocarbonyl (C=S) groups is 1. The Bertz CT molecular complexity index is 476. The number of nitrogens with two attached hydrogens (primary N) is 1. The summed E-state index contributed by atoms with van der Waals surface area (Å²) in [6.07, 6.45) is 1.80. The molecule has 1 aliphatic rings. The number of aliphatic hydroxyl groups is 1. The molecule has 2 rings (SSSR count). The van der Waals surface area contributed by atoms with E-state index in [1.54, 1.807) is 0 Å². The maximum atomic E-state index is 10.2. The van der Waals surface area contributed by atoms with Crippen LogP contribution < -0.4 is 10.6 Å². The summed E-state index contributed by atoms with van der Waals surface area (Å²) in [4.78, 5) is 2.55. The fourth-order valence-corrected chi connectivity index (χ4v) is 2.92. The van der Waals surface area contributed by atoms with E-state index in [0.29, 0.717) is 11.5 Å². The molecule has 0 amide bonds. The number of β-amino-alcohol motifs (C(OH)–C–C–N with tert-alkyl or cyclic N) is 1. The largest absolute Gasteiger partial charge is 0.389 e. The van der Waals surface area contributed by atoms with E-state index in [4.69, 9.17) is 18.0 Å². The van der Waals surface area contributed by atoms with Gasteiger partial charge < -0.3 is 15.7 Å². The smallest absolute Gasteiger partial charge is 0.106 e. The zero-order valence-corrected chi connectivity index (χ0v) is 12.7. The van der Waals surface area contributed by atoms with Crippen LogP contribution in [0, 0.1) is 0 Å². The predicted octanol–water partition coefficient (Wildman–Crippen LogP) is 2.43. The van der Waals surface area contributed by atoms with Gasteiger partial charge >= 0.3 is 0 Å². The van der Waals surface area contributed by atoms with E-state index in [-0.39, 0.29) is 0 Å². The number of rotatable bonds is 2. The minimum absolute atomic E-state index is 0.391. The second kappa shape index (κ2) is 5.15. The van der Waals surface area contributed by atoms with E-state index in [2.05, 4.69) is 20.8 Å². The molecule has 5 heteroatoms. The van der Waals surface area contributed by atoms with Crippen LogP contribution >= 0.6 is 28.1 Å². The summed E-state index contributed by atoms with van der Waals surface area (Å²) in [6.45, 7) is 3.40. The number of nitrogens with zero attached hydrogens (tertiary/aromatic N) is 1. The summed E-state index contributed by atoms with van der Waals surface area (Å²) in [5.41, 5.74) is 6.98. The van der Waals surface area contributed by atoms with Crippen molar-refractivity contribution in [1.82, 2.24) is 0 Å². The van der Waals surface area contributed by atoms with E-state index in [0.717, 1.165) is 35.1 Å². The second-order valence-corrected chi connectivity index (χ2v) is 6.40. The van der Waals surface area contributed by atoms with Crippen molar-refractivity contribution in [2.45, 2.75) is 25.4 Å². The fourth-order valence-electron chi connectivity index (χ4n) is 2.40. The fraction of sp³-hybridized carbons (Fsp3) is 0.462. The van der Waals surface area contributed by atoms with E-state index in [1.807, 2.05) is 25.1 Å². The van der Waals surface area contributed by atoms with Crippen LogP contribution in [-0.4, -0.2) is 28.8 Å². The van der Waals surface area contributed by atoms with Gasteiger partial charge in [0.25, 0.3) is 0 Å². The third kappa shape index (κ3) is 3.02. The first-order valence-corrected chi connectivity index (χ1v) is 7.16. The van der Waals surface area contributed by atoms with Gasteiger partial charge in [0.1, 0.15) is 4.99 Å². The number of halogens is 1. The van der Waals surface area contributed by atoms with Crippen LogP contribution in [0.1, 0.15) is 25.3 Å². The average Bonchev–Trinajstić information content (AvgIpc) is 2.27. The van der Waals surface area contributed by atoms with Gasteiger partial charge in [0.05, 0.1) is 5.60 Å². The molecule has 1 aromatic rings. The summed E-state index contributed by atoms with van der Waals surface area (Å²) in [5, 5.41) is 10.2. The summed E-state index contributed by atoms with van der Waals surface area (Å²) in [5.74, 6) is 0. The molecule has 1 heterocycles. The van der Waals surface area contributed by atoms with E-state index in [9.17, 15) is 5.11 Å². The Balaban J connectivity index is 2.37. The Hall–Kier alpha value is -0.650. The lowest BCUT2D eigenvalue weighted by atomic mass is 9.94. The van der Waals surface area contributed by atoms with Crippen LogP contribution in [0.3, 0.4) is 0 Å². The standard InChI is InChI=1S/C13H17BrN2OS/c1-13(17)5-2-6-16(8-13)11-7-9(14)3-4-10(11)12(15)18/h3-4,7,17H,2,5-6,8H2,1H3,(H2,15,18). The maximum absolute atomic E-state index is 10.2. The molecular weight excluding hydrogens is 312 g/mol. The van der Waals surface area contributed by atoms with E-state index < -0.39 is 5.60 Å². The lowest BCUT2D eigenvalue weighted by Crippen LogP contribution is -2.46. The molecule has 0 aliphatic carbocycles. The highest BCUT2D eigenvalue weighted by molar-refractivity contribution is 9.10. The Labute approximate surface area is 121 Å². The minimum Gasteiger partial charge on any atom is -0.389 e. The van der Waals surface area contributed by atoms with Crippen molar-refractivity contribution in [2.75, 3.05) is 18.0 Å². The minimum atomic E-state index is -0.645. The number of benzene rings is 1. The molecule has 1 fully saturated rings. The Morgan fingerprint density at radius 2 is 2.28 bits per heavy atom. The van der Waals surface area contributed by atoms with Crippen LogP contribution in [0.15, 0.2) is 22.7 Å². The molecule has 1 unspecified atom stereocenters. The average molecular weight is 329 g/mol. The van der Waals surface area contributed by atoms with Crippen molar-refractivity contribution in [3.05, 3.63) is 28.2 Å². The first-order chi connectivity index (χ1) is 8.39. The normalized spacial score (nSPS) is 24.1. The topological polar surface area (TPSA) is 49.5 Å². The molecule has 1 atom stereocenters. The first-order valence-electron chi connectivity index (χ1n) is 5.96. The molecule has 3 nitrogen and oxygen atoms in total. The van der Waals surface area contributed by atoms with Crippen molar-refractivity contribution in [3.8, 4) is 0 Å². The van der Waals surface area contributed by atoms with E-state index in [1.165, 1.54) is 0 Å². The highest BCUT2D eigenvalue weighted by Gasteiger charge is 2.29. The lowest BCUT2D eigenvalue weighted by Gasteiger charge is -2.39. The summed E-state index contributed by atoms with van der Waals surface area (Å²) < 4.78 is 0.989. The summed E-state index contributed by atoms with van der Waals surface area (Å²) in [7, 11) is 0. The third-order valence-electron chi connectivity index (χ3n) is 3.24. The summed E-state index contributed by atoms with van der Waals surface area (Å²) >= 11 is 8.56. The Morgan fingerprint density at radius 1 is 1.56 bits per heavy atom. The van der Waals surface area contributed by atoms with Crippen LogP contribution in [-0.2, 0) is 0 Å². The number of anilines is 1. The second-order valence-electron chi connectivity index (χ2n) is 5.05. The van der Waals surface area contributed by atoms with Gasteiger partial charge in [-0.25, -0.2) is 0 Å². The van der Waals surface area contributed by atoms with Gasteiger partial charge in [-0.15, -0.1) is 0 Å². The molecule has 0 saturated carbocycles. The predicted molar refractivity (Wildman–Crippen MR) is 82.1 cm³/mol. The molecule has 1 aliphatic heterocycles. The Morgan fingerprint density at radius 3 is 2.89 bits per heavy atom. The van der Waals surface area contributed by atoms with Crippen molar-refractivity contribution < 1.29 is 5.11 Å². The maximum Gasteiger partial charge on any atom is 0.106 e. The van der Waals surface area contributed by atoms with Gasteiger partial charge in [-0.05, 0) is 38.0 Å². The molecule has 98 valence electrons. The van der Waals surface area contributed by atoms with Gasteiger partial charge in [0.15, 0.2) is 0 Å². The highest BCUT2D eigenvalue weighted by atomic mass is 79.9. The zero-order chi connectivity index (χ0) is 13.3. The molecule has 0 aromatic heterocycles. The van der Waals surface area contributed by atoms with Gasteiger partial charge in [-0.3, -0.25) is 0 Å². The molecule has 0 radical (unpaired) electrons. The number of hydrogen-bond donors (Lipinski definition) is 2. The molecule has 0 spiro atoms. The van der Waals surface area contributed by atoms with Gasteiger partial charge in [-0.2, -0.15) is 0 Å². The molecule has 1 aromatic carbocycles. The number of piperidine rings is 1. The quantitative estimate of drug-likeness (QED) is 0.819. The molecule has 0 bridgehead atoms. The van der Waals surface area contributed by atoms with Crippen LogP contribution in [0.2, 0.25) is 0 Å². The zero-order valence-electron chi connectivity index (χ0n) is 10.3. The number of hydrogen-bond acceptors (Lipinski definition) is 3. The molecule has 3 N–H and O–H groups in total. The van der Waals surface area contributed by atoms with Gasteiger partial charge in [0, 0.05) is 28.8 Å². The van der Waals surface area contributed by atoms with Crippen molar-refractivity contribution in [3.63, 3.8) is 0 Å². The Kier molecular flexibility index (Phi) is 3.94. The van der Waals surface area contributed by atoms with Gasteiger partial charge in [-0.1, -0.05) is 28.1 Å². The first kappa shape index (κ1) is 13.8. The van der Waals surface area contributed by atoms with E-state index >= 15 is 0 Å². The van der Waals surface area contributed by atoms with Gasteiger partial charge in [0.2, 0.25) is 0 Å². The molecule has 18 heavy (non-hydrogen) atoms. The molecule has 1 saturated heterocycles.